The van der Waals surface area contributed by atoms with Gasteiger partial charge in [-0.05, 0) is 12.0 Å². The topological polar surface area (TPSA) is 47.0 Å². The number of anilines is 1. The number of ether oxygens (including phenoxy) is 1. The molecule has 0 saturated carbocycles. The molecule has 2 heterocycles. The summed E-state index contributed by atoms with van der Waals surface area (Å²) in [7, 11) is 0. The molecule has 0 radical (unpaired) electrons. The molecule has 1 saturated heterocycles. The van der Waals surface area contributed by atoms with E-state index in [1.54, 1.807) is 0 Å². The van der Waals surface area contributed by atoms with Crippen molar-refractivity contribution in [2.45, 2.75) is 18.6 Å². The number of rotatable bonds is 4. The van der Waals surface area contributed by atoms with Crippen LogP contribution < -0.4 is 5.32 Å². The summed E-state index contributed by atoms with van der Waals surface area (Å²) in [6, 6.07) is 20.6. The molecule has 1 N–H and O–H groups in total. The van der Waals surface area contributed by atoms with Gasteiger partial charge in [0.25, 0.3) is 0 Å². The van der Waals surface area contributed by atoms with Crippen molar-refractivity contribution in [3.63, 3.8) is 0 Å². The highest BCUT2D eigenvalue weighted by atomic mass is 32.1. The smallest absolute Gasteiger partial charge is 0.203 e. The van der Waals surface area contributed by atoms with E-state index in [9.17, 15) is 0 Å². The van der Waals surface area contributed by atoms with Crippen molar-refractivity contribution in [1.82, 2.24) is 9.36 Å². The summed E-state index contributed by atoms with van der Waals surface area (Å²) in [4.78, 5) is 4.61. The Morgan fingerprint density at radius 3 is 2.52 bits per heavy atom. The molecule has 1 aliphatic heterocycles. The maximum Gasteiger partial charge on any atom is 0.203 e. The molecule has 3 aromatic rings. The van der Waals surface area contributed by atoms with Crippen molar-refractivity contribution in [3.8, 4) is 11.4 Å². The van der Waals surface area contributed by atoms with Gasteiger partial charge in [-0.15, -0.1) is 0 Å². The second-order valence-electron chi connectivity index (χ2n) is 5.53. The standard InChI is InChI=1S/C18H17N3OS/c1-3-7-13(8-4-1)16-15(11-12-22-16)19-18-20-17(21-23-18)14-9-5-2-6-10-14/h1-10,15-16H,11-12H2,(H,19,20,21). The molecular weight excluding hydrogens is 306 g/mol. The zero-order valence-electron chi connectivity index (χ0n) is 12.6. The van der Waals surface area contributed by atoms with Crippen LogP contribution in [0.4, 0.5) is 5.13 Å². The predicted octanol–water partition coefficient (Wildman–Crippen LogP) is 4.15. The van der Waals surface area contributed by atoms with Gasteiger partial charge in [0.2, 0.25) is 5.13 Å². The van der Waals surface area contributed by atoms with Crippen LogP contribution in [-0.2, 0) is 4.74 Å². The highest BCUT2D eigenvalue weighted by Gasteiger charge is 2.30. The first kappa shape index (κ1) is 14.4. The Bertz CT molecular complexity index is 760. The van der Waals surface area contributed by atoms with E-state index in [0.29, 0.717) is 0 Å². The second kappa shape index (κ2) is 6.48. The number of hydrogen-bond acceptors (Lipinski definition) is 5. The molecule has 1 fully saturated rings. The van der Waals surface area contributed by atoms with Crippen LogP contribution in [0, 0.1) is 0 Å². The maximum atomic E-state index is 5.91. The molecule has 5 heteroatoms. The predicted molar refractivity (Wildman–Crippen MR) is 92.5 cm³/mol. The zero-order chi connectivity index (χ0) is 15.5. The summed E-state index contributed by atoms with van der Waals surface area (Å²) in [5.41, 5.74) is 2.24. The minimum Gasteiger partial charge on any atom is -0.371 e. The average molecular weight is 323 g/mol. The van der Waals surface area contributed by atoms with Crippen LogP contribution in [0.5, 0.6) is 0 Å². The summed E-state index contributed by atoms with van der Waals surface area (Å²) < 4.78 is 10.4. The third-order valence-corrected chi connectivity index (χ3v) is 4.63. The largest absolute Gasteiger partial charge is 0.371 e. The van der Waals surface area contributed by atoms with Crippen LogP contribution in [-0.4, -0.2) is 22.0 Å². The summed E-state index contributed by atoms with van der Waals surface area (Å²) in [5.74, 6) is 0.772. The molecule has 0 spiro atoms. The molecule has 1 aliphatic rings. The van der Waals surface area contributed by atoms with E-state index in [1.165, 1.54) is 17.1 Å². The molecular formula is C18H17N3OS. The summed E-state index contributed by atoms with van der Waals surface area (Å²) in [5, 5.41) is 4.35. The van der Waals surface area contributed by atoms with Crippen molar-refractivity contribution in [1.29, 1.82) is 0 Å². The molecule has 0 bridgehead atoms. The van der Waals surface area contributed by atoms with Crippen molar-refractivity contribution in [2.75, 3.05) is 11.9 Å². The summed E-state index contributed by atoms with van der Waals surface area (Å²) in [6.07, 6.45) is 1.04. The van der Waals surface area contributed by atoms with E-state index in [1.807, 2.05) is 48.5 Å². The molecule has 2 atom stereocenters. The molecule has 2 aromatic carbocycles. The van der Waals surface area contributed by atoms with Crippen LogP contribution in [0.15, 0.2) is 60.7 Å². The molecule has 116 valence electrons. The molecule has 0 aliphatic carbocycles. The van der Waals surface area contributed by atoms with Gasteiger partial charge in [-0.1, -0.05) is 60.7 Å². The quantitative estimate of drug-likeness (QED) is 0.783. The highest BCUT2D eigenvalue weighted by Crippen LogP contribution is 2.32. The Labute approximate surface area is 139 Å². The highest BCUT2D eigenvalue weighted by molar-refractivity contribution is 7.09. The van der Waals surface area contributed by atoms with Crippen LogP contribution in [0.25, 0.3) is 11.4 Å². The van der Waals surface area contributed by atoms with Crippen molar-refractivity contribution >= 4 is 16.7 Å². The molecule has 2 unspecified atom stereocenters. The van der Waals surface area contributed by atoms with Gasteiger partial charge in [-0.25, -0.2) is 0 Å². The van der Waals surface area contributed by atoms with E-state index in [-0.39, 0.29) is 12.1 Å². The van der Waals surface area contributed by atoms with Gasteiger partial charge in [0.05, 0.1) is 6.04 Å². The Morgan fingerprint density at radius 2 is 1.74 bits per heavy atom. The fourth-order valence-electron chi connectivity index (χ4n) is 2.85. The molecule has 0 amide bonds. The average Bonchev–Trinajstić information content (AvgIpc) is 3.26. The lowest BCUT2D eigenvalue weighted by atomic mass is 10.0. The Balaban J connectivity index is 1.51. The zero-order valence-corrected chi connectivity index (χ0v) is 13.4. The Kier molecular flexibility index (Phi) is 4.05. The van der Waals surface area contributed by atoms with Crippen molar-refractivity contribution in [2.24, 2.45) is 0 Å². The number of hydrogen-bond donors (Lipinski definition) is 1. The number of nitrogens with one attached hydrogen (secondary N) is 1. The van der Waals surface area contributed by atoms with E-state index in [0.717, 1.165) is 29.5 Å². The third kappa shape index (κ3) is 3.11. The SMILES string of the molecule is c1ccc(-c2nsc(NC3CCOC3c3ccccc3)n2)cc1. The molecule has 1 aromatic heterocycles. The van der Waals surface area contributed by atoms with E-state index in [4.69, 9.17) is 4.74 Å². The minimum atomic E-state index is 0.0697. The Hall–Kier alpha value is -2.24. The first-order valence-electron chi connectivity index (χ1n) is 7.72. The van der Waals surface area contributed by atoms with Crippen molar-refractivity contribution < 1.29 is 4.74 Å². The van der Waals surface area contributed by atoms with E-state index < -0.39 is 0 Å². The lowest BCUT2D eigenvalue weighted by molar-refractivity contribution is 0.107. The van der Waals surface area contributed by atoms with Gasteiger partial charge in [0, 0.05) is 23.7 Å². The Morgan fingerprint density at radius 1 is 1.00 bits per heavy atom. The van der Waals surface area contributed by atoms with Gasteiger partial charge in [0.15, 0.2) is 5.82 Å². The monoisotopic (exact) mass is 323 g/mol. The van der Waals surface area contributed by atoms with Crippen LogP contribution in [0.1, 0.15) is 18.1 Å². The van der Waals surface area contributed by atoms with Gasteiger partial charge in [-0.2, -0.15) is 9.36 Å². The first-order valence-corrected chi connectivity index (χ1v) is 8.50. The maximum absolute atomic E-state index is 5.91. The summed E-state index contributed by atoms with van der Waals surface area (Å²) >= 11 is 1.40. The summed E-state index contributed by atoms with van der Waals surface area (Å²) in [6.45, 7) is 0.765. The van der Waals surface area contributed by atoms with Crippen LogP contribution >= 0.6 is 11.5 Å². The lowest BCUT2D eigenvalue weighted by Gasteiger charge is -2.19. The van der Waals surface area contributed by atoms with Crippen molar-refractivity contribution in [3.05, 3.63) is 66.2 Å². The minimum absolute atomic E-state index is 0.0697. The molecule has 4 rings (SSSR count). The number of aromatic nitrogens is 2. The lowest BCUT2D eigenvalue weighted by Crippen LogP contribution is -2.23. The van der Waals surface area contributed by atoms with Crippen LogP contribution in [0.2, 0.25) is 0 Å². The van der Waals surface area contributed by atoms with Gasteiger partial charge < -0.3 is 10.1 Å². The molecule has 23 heavy (non-hydrogen) atoms. The fraction of sp³-hybridized carbons (Fsp3) is 0.222. The molecule has 4 nitrogen and oxygen atoms in total. The van der Waals surface area contributed by atoms with E-state index >= 15 is 0 Å². The van der Waals surface area contributed by atoms with E-state index in [2.05, 4.69) is 26.8 Å². The van der Waals surface area contributed by atoms with Gasteiger partial charge in [-0.3, -0.25) is 0 Å². The van der Waals surface area contributed by atoms with Crippen LogP contribution in [0.3, 0.4) is 0 Å². The third-order valence-electron chi connectivity index (χ3n) is 3.99. The first-order chi connectivity index (χ1) is 11.4. The number of benzene rings is 2. The normalized spacial score (nSPS) is 20.5. The van der Waals surface area contributed by atoms with Gasteiger partial charge >= 0.3 is 0 Å². The van der Waals surface area contributed by atoms with Gasteiger partial charge in [0.1, 0.15) is 6.10 Å². The fourth-order valence-corrected chi connectivity index (χ4v) is 3.50. The number of nitrogens with zero attached hydrogens (tertiary/aromatic N) is 2. The second-order valence-corrected chi connectivity index (χ2v) is 6.28.